The number of aromatic nitrogens is 1. The first-order valence-electron chi connectivity index (χ1n) is 9.07. The predicted molar refractivity (Wildman–Crippen MR) is 112 cm³/mol. The summed E-state index contributed by atoms with van der Waals surface area (Å²) in [5.74, 6) is -0.331. The molecule has 1 aliphatic rings. The Kier molecular flexibility index (Phi) is 5.71. The zero-order chi connectivity index (χ0) is 19.5. The van der Waals surface area contributed by atoms with Crippen LogP contribution in [0.25, 0.3) is 16.3 Å². The molecule has 1 aromatic heterocycles. The van der Waals surface area contributed by atoms with Crippen LogP contribution in [-0.4, -0.2) is 46.9 Å². The van der Waals surface area contributed by atoms with E-state index in [2.05, 4.69) is 9.88 Å². The molecule has 1 saturated heterocycles. The predicted octanol–water partition coefficient (Wildman–Crippen LogP) is 4.45. The fourth-order valence-electron chi connectivity index (χ4n) is 3.23. The summed E-state index contributed by atoms with van der Waals surface area (Å²) in [5, 5.41) is 1.27. The smallest absolute Gasteiger partial charge is 0.246 e. The summed E-state index contributed by atoms with van der Waals surface area (Å²) in [6.45, 7) is 3.48. The summed E-state index contributed by atoms with van der Waals surface area (Å²) >= 11 is 7.69. The van der Waals surface area contributed by atoms with Gasteiger partial charge in [-0.3, -0.25) is 9.69 Å². The normalized spacial score (nSPS) is 15.6. The van der Waals surface area contributed by atoms with Crippen LogP contribution in [0.1, 0.15) is 10.6 Å². The Morgan fingerprint density at radius 2 is 1.96 bits per heavy atom. The maximum Gasteiger partial charge on any atom is 0.246 e. The van der Waals surface area contributed by atoms with Crippen LogP contribution in [0, 0.1) is 5.82 Å². The molecule has 1 amide bonds. The van der Waals surface area contributed by atoms with Gasteiger partial charge in [-0.1, -0.05) is 29.8 Å². The third-order valence-corrected chi connectivity index (χ3v) is 6.13. The van der Waals surface area contributed by atoms with Gasteiger partial charge in [-0.05, 0) is 35.9 Å². The summed E-state index contributed by atoms with van der Waals surface area (Å²) in [6.07, 6.45) is 3.39. The maximum absolute atomic E-state index is 13.2. The summed E-state index contributed by atoms with van der Waals surface area (Å²) < 4.78 is 14.3. The molecule has 0 spiro atoms. The number of amides is 1. The van der Waals surface area contributed by atoms with Crippen LogP contribution < -0.4 is 0 Å². The van der Waals surface area contributed by atoms with Gasteiger partial charge in [0.15, 0.2) is 0 Å². The van der Waals surface area contributed by atoms with Crippen LogP contribution in [-0.2, 0) is 11.3 Å². The maximum atomic E-state index is 13.2. The van der Waals surface area contributed by atoms with E-state index < -0.39 is 0 Å². The van der Waals surface area contributed by atoms with Gasteiger partial charge in [-0.25, -0.2) is 9.37 Å². The highest BCUT2D eigenvalue weighted by Gasteiger charge is 2.20. The quantitative estimate of drug-likeness (QED) is 0.591. The van der Waals surface area contributed by atoms with E-state index in [0.29, 0.717) is 24.7 Å². The van der Waals surface area contributed by atoms with Crippen LogP contribution in [0.3, 0.4) is 0 Å². The van der Waals surface area contributed by atoms with Gasteiger partial charge in [0.2, 0.25) is 5.91 Å². The molecule has 0 unspecified atom stereocenters. The number of carbonyl (C=O) groups is 1. The second-order valence-corrected chi connectivity index (χ2v) is 8.16. The van der Waals surface area contributed by atoms with Crippen molar-refractivity contribution in [3.8, 4) is 0 Å². The van der Waals surface area contributed by atoms with Crippen molar-refractivity contribution in [2.75, 3.05) is 26.2 Å². The van der Waals surface area contributed by atoms with Crippen LogP contribution >= 0.6 is 22.9 Å². The molecule has 7 heteroatoms. The van der Waals surface area contributed by atoms with Gasteiger partial charge < -0.3 is 4.90 Å². The second-order valence-electron chi connectivity index (χ2n) is 6.69. The highest BCUT2D eigenvalue weighted by atomic mass is 35.5. The number of carbonyl (C=O) groups excluding carboxylic acids is 1. The summed E-state index contributed by atoms with van der Waals surface area (Å²) in [6, 6.07) is 12.4. The lowest BCUT2D eigenvalue weighted by molar-refractivity contribution is -0.127. The number of hydrogen-bond donors (Lipinski definition) is 0. The molecule has 4 rings (SSSR count). The molecule has 2 heterocycles. The number of benzene rings is 2. The topological polar surface area (TPSA) is 36.4 Å². The molecule has 3 aromatic rings. The van der Waals surface area contributed by atoms with Crippen LogP contribution in [0.4, 0.5) is 4.39 Å². The largest absolute Gasteiger partial charge is 0.337 e. The van der Waals surface area contributed by atoms with Crippen molar-refractivity contribution in [2.24, 2.45) is 0 Å². The fraction of sp³-hybridized carbons (Fsp3) is 0.238. The third-order valence-electron chi connectivity index (χ3n) is 4.77. The van der Waals surface area contributed by atoms with E-state index in [0.717, 1.165) is 33.9 Å². The van der Waals surface area contributed by atoms with Gasteiger partial charge in [0, 0.05) is 43.8 Å². The van der Waals surface area contributed by atoms with Gasteiger partial charge in [0.05, 0.1) is 10.2 Å². The Morgan fingerprint density at radius 1 is 1.18 bits per heavy atom. The monoisotopic (exact) mass is 415 g/mol. The van der Waals surface area contributed by atoms with Gasteiger partial charge in [0.25, 0.3) is 0 Å². The first kappa shape index (κ1) is 19.1. The van der Waals surface area contributed by atoms with Gasteiger partial charge >= 0.3 is 0 Å². The molecule has 1 aliphatic heterocycles. The molecule has 0 atom stereocenters. The number of rotatable bonds is 4. The fourth-order valence-corrected chi connectivity index (χ4v) is 4.32. The number of nitrogens with zero attached hydrogens (tertiary/aromatic N) is 3. The Morgan fingerprint density at radius 3 is 2.71 bits per heavy atom. The molecule has 0 N–H and O–H groups in total. The van der Waals surface area contributed by atoms with E-state index in [4.69, 9.17) is 11.6 Å². The number of fused-ring (bicyclic) bond motifs is 1. The van der Waals surface area contributed by atoms with Crippen LogP contribution in [0.2, 0.25) is 5.02 Å². The molecule has 144 valence electrons. The number of halogens is 2. The average Bonchev–Trinajstić information content (AvgIpc) is 3.12. The highest BCUT2D eigenvalue weighted by molar-refractivity contribution is 7.19. The van der Waals surface area contributed by atoms with E-state index in [-0.39, 0.29) is 11.7 Å². The molecule has 4 nitrogen and oxygen atoms in total. The number of thiazole rings is 1. The molecule has 0 bridgehead atoms. The lowest BCUT2D eigenvalue weighted by atomic mass is 10.2. The zero-order valence-electron chi connectivity index (χ0n) is 15.1. The van der Waals surface area contributed by atoms with E-state index in [9.17, 15) is 9.18 Å². The standard InChI is InChI=1S/C21H19ClFN3OS/c22-17-13-16(23)6-5-15(17)14-25-9-11-26(12-10-25)21(27)8-7-20-24-18-3-1-2-4-19(18)28-20/h1-8,13H,9-12,14H2/b8-7+. The molecular weight excluding hydrogens is 397 g/mol. The Labute approximate surface area is 171 Å². The summed E-state index contributed by atoms with van der Waals surface area (Å²) in [7, 11) is 0. The SMILES string of the molecule is O=C(/C=C/c1nc2ccccc2s1)N1CCN(Cc2ccc(F)cc2Cl)CC1. The first-order valence-corrected chi connectivity index (χ1v) is 10.3. The van der Waals surface area contributed by atoms with Gasteiger partial charge in [-0.15, -0.1) is 11.3 Å². The number of hydrogen-bond acceptors (Lipinski definition) is 4. The minimum absolute atomic E-state index is 0.00118. The van der Waals surface area contributed by atoms with Crippen molar-refractivity contribution in [2.45, 2.75) is 6.54 Å². The molecule has 1 fully saturated rings. The summed E-state index contributed by atoms with van der Waals surface area (Å²) in [5.41, 5.74) is 1.85. The minimum atomic E-state index is -0.330. The van der Waals surface area contributed by atoms with Crippen molar-refractivity contribution in [3.63, 3.8) is 0 Å². The summed E-state index contributed by atoms with van der Waals surface area (Å²) in [4.78, 5) is 21.1. The molecule has 28 heavy (non-hydrogen) atoms. The van der Waals surface area contributed by atoms with Crippen molar-refractivity contribution >= 4 is 45.1 Å². The number of piperazine rings is 1. The lowest BCUT2D eigenvalue weighted by Crippen LogP contribution is -2.47. The Bertz CT molecular complexity index is 994. The van der Waals surface area contributed by atoms with Crippen molar-refractivity contribution < 1.29 is 9.18 Å². The highest BCUT2D eigenvalue weighted by Crippen LogP contribution is 2.23. The van der Waals surface area contributed by atoms with E-state index >= 15 is 0 Å². The molecule has 0 saturated carbocycles. The van der Waals surface area contributed by atoms with Crippen molar-refractivity contribution in [1.29, 1.82) is 0 Å². The van der Waals surface area contributed by atoms with Crippen molar-refractivity contribution in [3.05, 3.63) is 70.0 Å². The molecular formula is C21H19ClFN3OS. The van der Waals surface area contributed by atoms with E-state index in [1.54, 1.807) is 29.6 Å². The van der Waals surface area contributed by atoms with Gasteiger partial charge in [-0.2, -0.15) is 0 Å². The third kappa shape index (κ3) is 4.41. The Hall–Kier alpha value is -2.28. The molecule has 0 radical (unpaired) electrons. The van der Waals surface area contributed by atoms with E-state index in [1.807, 2.05) is 29.2 Å². The average molecular weight is 416 g/mol. The van der Waals surface area contributed by atoms with Crippen molar-refractivity contribution in [1.82, 2.24) is 14.8 Å². The van der Waals surface area contributed by atoms with Crippen LogP contribution in [0.5, 0.6) is 0 Å². The minimum Gasteiger partial charge on any atom is -0.337 e. The number of para-hydroxylation sites is 1. The Balaban J connectivity index is 1.32. The molecule has 0 aliphatic carbocycles. The second kappa shape index (κ2) is 8.39. The first-order chi connectivity index (χ1) is 13.6. The van der Waals surface area contributed by atoms with E-state index in [1.165, 1.54) is 12.1 Å². The van der Waals surface area contributed by atoms with Crippen LogP contribution in [0.15, 0.2) is 48.5 Å². The van der Waals surface area contributed by atoms with Gasteiger partial charge in [0.1, 0.15) is 10.8 Å². The zero-order valence-corrected chi connectivity index (χ0v) is 16.7. The molecule has 2 aromatic carbocycles. The lowest BCUT2D eigenvalue weighted by Gasteiger charge is -2.34.